The van der Waals surface area contributed by atoms with Gasteiger partial charge in [-0.25, -0.2) is 9.59 Å². The van der Waals surface area contributed by atoms with Gasteiger partial charge in [-0.05, 0) is 64.1 Å². The Hall–Kier alpha value is -3.68. The molecule has 3 aromatic rings. The molecule has 8 heteroatoms. The van der Waals surface area contributed by atoms with Crippen LogP contribution in [0.5, 0.6) is 0 Å². The number of benzene rings is 3. The Morgan fingerprint density at radius 1 is 0.636 bits per heavy atom. The monoisotopic (exact) mass is 636 g/mol. The van der Waals surface area contributed by atoms with Crippen molar-refractivity contribution in [2.45, 2.75) is 12.8 Å². The number of carbonyl (C=O) groups is 2. The maximum atomic E-state index is 13.1. The summed E-state index contributed by atoms with van der Waals surface area (Å²) in [5, 5.41) is 1.85. The highest BCUT2D eigenvalue weighted by molar-refractivity contribution is 6.20. The smallest absolute Gasteiger partial charge is 0.338 e. The van der Waals surface area contributed by atoms with E-state index >= 15 is 0 Å². The lowest BCUT2D eigenvalue weighted by atomic mass is 9.98. The number of ether oxygens (including phenoxy) is 2. The van der Waals surface area contributed by atoms with Gasteiger partial charge in [0.05, 0.1) is 24.3 Å². The number of hydrogen-bond acceptors (Lipinski definition) is 6. The molecule has 0 saturated carbocycles. The minimum atomic E-state index is -0.344. The van der Waals surface area contributed by atoms with Crippen molar-refractivity contribution in [3.63, 3.8) is 0 Å². The second-order valence-electron chi connectivity index (χ2n) is 10.3. The molecule has 0 saturated heterocycles. The molecule has 0 atom stereocenters. The Morgan fingerprint density at radius 3 is 1.73 bits per heavy atom. The highest BCUT2D eigenvalue weighted by Crippen LogP contribution is 2.48. The van der Waals surface area contributed by atoms with E-state index < -0.39 is 0 Å². The molecule has 6 nitrogen and oxygen atoms in total. The van der Waals surface area contributed by atoms with Crippen LogP contribution in [0.25, 0.3) is 33.0 Å². The predicted molar refractivity (Wildman–Crippen MR) is 186 cm³/mol. The zero-order valence-electron chi connectivity index (χ0n) is 25.2. The molecular formula is C36H42Cl2N2O4. The highest BCUT2D eigenvalue weighted by Gasteiger charge is 2.25. The summed E-state index contributed by atoms with van der Waals surface area (Å²) >= 11 is 0. The van der Waals surface area contributed by atoms with Crippen molar-refractivity contribution >= 4 is 47.5 Å². The van der Waals surface area contributed by atoms with Gasteiger partial charge in [0.1, 0.15) is 0 Å². The van der Waals surface area contributed by atoms with Crippen molar-refractivity contribution in [1.82, 2.24) is 9.80 Å². The number of carbonyl (C=O) groups excluding carboxylic acids is 2. The first-order valence-electron chi connectivity index (χ1n) is 14.4. The lowest BCUT2D eigenvalue weighted by Crippen LogP contribution is -2.26. The minimum Gasteiger partial charge on any atom is -0.462 e. The molecule has 0 radical (unpaired) electrons. The lowest BCUT2D eigenvalue weighted by molar-refractivity contribution is 0.0482. The quantitative estimate of drug-likeness (QED) is 0.0631. The van der Waals surface area contributed by atoms with Gasteiger partial charge in [0.2, 0.25) is 0 Å². The summed E-state index contributed by atoms with van der Waals surface area (Å²) in [5.74, 6) is -0.679. The fourth-order valence-corrected chi connectivity index (χ4v) is 5.47. The van der Waals surface area contributed by atoms with Gasteiger partial charge in [0.15, 0.2) is 0 Å². The van der Waals surface area contributed by atoms with Crippen LogP contribution in [0, 0.1) is 0 Å². The number of esters is 2. The minimum absolute atomic E-state index is 0. The molecule has 1 aliphatic rings. The van der Waals surface area contributed by atoms with Crippen LogP contribution in [0.15, 0.2) is 99.2 Å². The summed E-state index contributed by atoms with van der Waals surface area (Å²) in [7, 11) is 0. The summed E-state index contributed by atoms with van der Waals surface area (Å²) in [6.07, 6.45) is 8.88. The van der Waals surface area contributed by atoms with Crippen LogP contribution in [0.1, 0.15) is 33.6 Å². The van der Waals surface area contributed by atoms with Gasteiger partial charge in [-0.1, -0.05) is 54.6 Å². The van der Waals surface area contributed by atoms with Gasteiger partial charge >= 0.3 is 11.9 Å². The number of hydrogen-bond donors (Lipinski definition) is 0. The van der Waals surface area contributed by atoms with E-state index in [4.69, 9.17) is 9.47 Å². The number of rotatable bonds is 18. The van der Waals surface area contributed by atoms with Crippen molar-refractivity contribution in [1.29, 1.82) is 0 Å². The van der Waals surface area contributed by atoms with Crippen LogP contribution in [0.4, 0.5) is 0 Å². The molecule has 0 heterocycles. The van der Waals surface area contributed by atoms with Gasteiger partial charge in [-0.2, -0.15) is 0 Å². The molecule has 3 aromatic carbocycles. The molecule has 0 aliphatic heterocycles. The van der Waals surface area contributed by atoms with Gasteiger partial charge in [-0.15, -0.1) is 51.1 Å². The topological polar surface area (TPSA) is 59.1 Å². The molecule has 0 N–H and O–H groups in total. The summed E-state index contributed by atoms with van der Waals surface area (Å²) < 4.78 is 11.3. The predicted octanol–water partition coefficient (Wildman–Crippen LogP) is 7.77. The second-order valence-corrected chi connectivity index (χ2v) is 10.3. The molecule has 0 spiro atoms. The molecule has 234 valence electrons. The number of nitrogens with zero attached hydrogens (tertiary/aromatic N) is 2. The van der Waals surface area contributed by atoms with Crippen LogP contribution in [0.2, 0.25) is 0 Å². The van der Waals surface area contributed by atoms with Crippen LogP contribution in [-0.2, 0) is 9.47 Å². The van der Waals surface area contributed by atoms with Crippen LogP contribution >= 0.6 is 24.8 Å². The summed E-state index contributed by atoms with van der Waals surface area (Å²) in [6.45, 7) is 20.5. The zero-order chi connectivity index (χ0) is 29.9. The fraction of sp³-hybridized carbons (Fsp3) is 0.278. The average molecular weight is 638 g/mol. The first-order valence-corrected chi connectivity index (χ1v) is 14.4. The number of fused-ring (bicyclic) bond motifs is 3. The van der Waals surface area contributed by atoms with E-state index in [0.717, 1.165) is 85.1 Å². The van der Waals surface area contributed by atoms with E-state index in [1.54, 1.807) is 0 Å². The van der Waals surface area contributed by atoms with E-state index in [-0.39, 0.29) is 36.8 Å². The second kappa shape index (κ2) is 18.2. The maximum Gasteiger partial charge on any atom is 0.338 e. The third-order valence-corrected chi connectivity index (χ3v) is 7.35. The third kappa shape index (κ3) is 8.70. The van der Waals surface area contributed by atoms with Crippen molar-refractivity contribution in [2.75, 3.05) is 52.5 Å². The van der Waals surface area contributed by atoms with Crippen molar-refractivity contribution < 1.29 is 19.1 Å². The van der Waals surface area contributed by atoms with E-state index in [2.05, 4.69) is 36.1 Å². The van der Waals surface area contributed by atoms with Crippen molar-refractivity contribution in [3.05, 3.63) is 110 Å². The molecule has 44 heavy (non-hydrogen) atoms. The molecule has 4 rings (SSSR count). The Labute approximate surface area is 273 Å². The SMILES string of the molecule is C=CCN(CC=C)CCCOC(=O)c1ccc2c(c1)-c1cccc3c(C(=O)OCCCN(CC=C)CC=C)ccc-2c13.Cl.Cl. The largest absolute Gasteiger partial charge is 0.462 e. The summed E-state index contributed by atoms with van der Waals surface area (Å²) in [4.78, 5) is 30.4. The van der Waals surface area contributed by atoms with Gasteiger partial charge < -0.3 is 9.47 Å². The molecule has 0 aromatic heterocycles. The van der Waals surface area contributed by atoms with E-state index in [0.29, 0.717) is 24.3 Å². The highest BCUT2D eigenvalue weighted by atomic mass is 35.5. The molecule has 0 amide bonds. The Bertz CT molecular complexity index is 1470. The van der Waals surface area contributed by atoms with Crippen LogP contribution in [0.3, 0.4) is 0 Å². The fourth-order valence-electron chi connectivity index (χ4n) is 5.47. The Balaban J connectivity index is 0.00000337. The van der Waals surface area contributed by atoms with Crippen LogP contribution in [-0.4, -0.2) is 74.2 Å². The standard InChI is InChI=1S/C36H40N2O4.2ClH/c1-5-18-37(19-6-2)22-10-24-41-35(39)27-14-15-28-31-16-17-32(29-12-9-13-30(34(29)31)33(28)26-27)36(40)42-25-11-23-38(20-7-3)21-8-4;;/h5-9,12-17,26H,1-4,10-11,18-25H2;2*1H. The first-order chi connectivity index (χ1) is 20.5. The molecular weight excluding hydrogens is 595 g/mol. The average Bonchev–Trinajstić information content (AvgIpc) is 3.32. The molecule has 0 unspecified atom stereocenters. The Kier molecular flexibility index (Phi) is 15.1. The third-order valence-electron chi connectivity index (χ3n) is 7.35. The van der Waals surface area contributed by atoms with Gasteiger partial charge in [-0.3, -0.25) is 9.80 Å². The first kappa shape index (κ1) is 36.5. The molecule has 0 bridgehead atoms. The van der Waals surface area contributed by atoms with E-state index in [1.165, 1.54) is 0 Å². The number of halogens is 2. The zero-order valence-corrected chi connectivity index (χ0v) is 26.8. The maximum absolute atomic E-state index is 13.1. The van der Waals surface area contributed by atoms with Gasteiger partial charge in [0, 0.05) is 39.3 Å². The van der Waals surface area contributed by atoms with E-state index in [9.17, 15) is 9.59 Å². The van der Waals surface area contributed by atoms with Crippen molar-refractivity contribution in [2.24, 2.45) is 0 Å². The van der Waals surface area contributed by atoms with E-state index in [1.807, 2.05) is 72.8 Å². The van der Waals surface area contributed by atoms with Crippen molar-refractivity contribution in [3.8, 4) is 22.3 Å². The van der Waals surface area contributed by atoms with Gasteiger partial charge in [0.25, 0.3) is 0 Å². The molecule has 1 aliphatic carbocycles. The molecule has 0 fully saturated rings. The summed E-state index contributed by atoms with van der Waals surface area (Å²) in [6, 6.07) is 15.4. The lowest BCUT2D eigenvalue weighted by Gasteiger charge is -2.18. The normalized spacial score (nSPS) is 10.9. The summed E-state index contributed by atoms with van der Waals surface area (Å²) in [5.41, 5.74) is 5.08. The Morgan fingerprint density at radius 2 is 1.16 bits per heavy atom. The van der Waals surface area contributed by atoms with Crippen LogP contribution < -0.4 is 0 Å².